The molecule has 24 heavy (non-hydrogen) atoms. The fourth-order valence-corrected chi connectivity index (χ4v) is 3.11. The normalized spacial score (nSPS) is 16.2. The molecule has 1 aliphatic heterocycles. The number of hydrogen-bond acceptors (Lipinski definition) is 3. The molecule has 1 fully saturated rings. The predicted octanol–water partition coefficient (Wildman–Crippen LogP) is 2.57. The first-order chi connectivity index (χ1) is 11.1. The zero-order valence-electron chi connectivity index (χ0n) is 15.6. The van der Waals surface area contributed by atoms with Crippen LogP contribution in [-0.2, 0) is 17.8 Å². The van der Waals surface area contributed by atoms with E-state index in [0.29, 0.717) is 6.61 Å². The highest BCUT2D eigenvalue weighted by Gasteiger charge is 2.19. The molecule has 0 radical (unpaired) electrons. The van der Waals surface area contributed by atoms with Gasteiger partial charge in [-0.05, 0) is 32.6 Å². The van der Waals surface area contributed by atoms with Gasteiger partial charge < -0.3 is 15.0 Å². The van der Waals surface area contributed by atoms with Crippen LogP contribution in [0.25, 0.3) is 0 Å². The topological polar surface area (TPSA) is 54.7 Å². The number of guanidine groups is 1. The van der Waals surface area contributed by atoms with Crippen molar-refractivity contribution in [2.24, 2.45) is 10.9 Å². The molecule has 7 heteroatoms. The molecule has 0 saturated carbocycles. The number of rotatable bonds is 5. The van der Waals surface area contributed by atoms with Crippen LogP contribution in [0.4, 0.5) is 0 Å². The number of piperidine rings is 1. The minimum atomic E-state index is 0. The van der Waals surface area contributed by atoms with Crippen molar-refractivity contribution >= 4 is 29.9 Å². The number of halogens is 1. The van der Waals surface area contributed by atoms with Crippen LogP contribution in [0.5, 0.6) is 0 Å². The summed E-state index contributed by atoms with van der Waals surface area (Å²) >= 11 is 0. The van der Waals surface area contributed by atoms with Crippen LogP contribution in [0, 0.1) is 19.8 Å². The third-order valence-electron chi connectivity index (χ3n) is 4.76. The Bertz CT molecular complexity index is 535. The van der Waals surface area contributed by atoms with E-state index in [0.717, 1.165) is 43.8 Å². The predicted molar refractivity (Wildman–Crippen MR) is 109 cm³/mol. The zero-order valence-corrected chi connectivity index (χ0v) is 18.0. The zero-order chi connectivity index (χ0) is 16.8. The van der Waals surface area contributed by atoms with Gasteiger partial charge in [0, 0.05) is 45.0 Å². The Morgan fingerprint density at radius 2 is 2.00 bits per heavy atom. The average Bonchev–Trinajstić information content (AvgIpc) is 2.82. The summed E-state index contributed by atoms with van der Waals surface area (Å²) in [6.45, 7) is 10.9. The van der Waals surface area contributed by atoms with Crippen LogP contribution in [0.1, 0.15) is 36.7 Å². The van der Waals surface area contributed by atoms with E-state index < -0.39 is 0 Å². The maximum absolute atomic E-state index is 5.15. The number of likely N-dealkylation sites (tertiary alicyclic amines) is 1. The van der Waals surface area contributed by atoms with Gasteiger partial charge in [0.25, 0.3) is 0 Å². The lowest BCUT2D eigenvalue weighted by Crippen LogP contribution is -2.45. The molecular weight excluding hydrogens is 417 g/mol. The minimum absolute atomic E-state index is 0. The first-order valence-electron chi connectivity index (χ1n) is 8.54. The number of nitrogens with zero attached hydrogens (tertiary/aromatic N) is 4. The Morgan fingerprint density at radius 3 is 2.58 bits per heavy atom. The van der Waals surface area contributed by atoms with E-state index in [2.05, 4.69) is 41.1 Å². The quantitative estimate of drug-likeness (QED) is 0.427. The Morgan fingerprint density at radius 1 is 1.33 bits per heavy atom. The summed E-state index contributed by atoms with van der Waals surface area (Å²) in [6, 6.07) is 0. The van der Waals surface area contributed by atoms with E-state index in [9.17, 15) is 0 Å². The highest BCUT2D eigenvalue weighted by Crippen LogP contribution is 2.17. The highest BCUT2D eigenvalue weighted by molar-refractivity contribution is 14.0. The van der Waals surface area contributed by atoms with Gasteiger partial charge in [-0.25, -0.2) is 0 Å². The molecule has 0 aliphatic carbocycles. The molecule has 1 aliphatic rings. The summed E-state index contributed by atoms with van der Waals surface area (Å²) in [5.41, 5.74) is 3.54. The molecule has 0 unspecified atom stereocenters. The molecule has 0 amide bonds. The third kappa shape index (κ3) is 5.34. The molecule has 0 spiro atoms. The molecular formula is C17H32IN5O. The molecule has 138 valence electrons. The van der Waals surface area contributed by atoms with Gasteiger partial charge in [-0.3, -0.25) is 9.67 Å². The maximum atomic E-state index is 5.15. The van der Waals surface area contributed by atoms with Crippen molar-refractivity contribution in [2.45, 2.75) is 46.7 Å². The monoisotopic (exact) mass is 449 g/mol. The summed E-state index contributed by atoms with van der Waals surface area (Å²) in [5.74, 6) is 1.83. The van der Waals surface area contributed by atoms with Gasteiger partial charge in [0.05, 0.1) is 18.8 Å². The van der Waals surface area contributed by atoms with E-state index >= 15 is 0 Å². The van der Waals surface area contributed by atoms with Gasteiger partial charge in [-0.2, -0.15) is 5.10 Å². The average molecular weight is 449 g/mol. The number of aromatic nitrogens is 2. The molecule has 1 N–H and O–H groups in total. The van der Waals surface area contributed by atoms with E-state index in [1.165, 1.54) is 24.1 Å². The molecule has 0 bridgehead atoms. The van der Waals surface area contributed by atoms with E-state index in [1.807, 2.05) is 11.7 Å². The number of hydrogen-bond donors (Lipinski definition) is 1. The molecule has 0 aromatic carbocycles. The number of aliphatic imine (C=N–C) groups is 1. The number of nitrogens with one attached hydrogen (secondary N) is 1. The first-order valence-corrected chi connectivity index (χ1v) is 8.54. The number of ether oxygens (including phenoxy) is 1. The molecule has 2 rings (SSSR count). The van der Waals surface area contributed by atoms with E-state index in [-0.39, 0.29) is 24.0 Å². The summed E-state index contributed by atoms with van der Waals surface area (Å²) in [4.78, 5) is 6.81. The highest BCUT2D eigenvalue weighted by atomic mass is 127. The lowest BCUT2D eigenvalue weighted by molar-refractivity contribution is 0.182. The molecule has 1 aromatic rings. The van der Waals surface area contributed by atoms with Crippen molar-refractivity contribution in [3.63, 3.8) is 0 Å². The van der Waals surface area contributed by atoms with E-state index in [4.69, 9.17) is 4.74 Å². The molecule has 1 aromatic heterocycles. The van der Waals surface area contributed by atoms with Crippen LogP contribution in [-0.4, -0.2) is 54.5 Å². The summed E-state index contributed by atoms with van der Waals surface area (Å²) in [5, 5.41) is 8.13. The number of methoxy groups -OCH3 is 1. The van der Waals surface area contributed by atoms with Gasteiger partial charge in [-0.1, -0.05) is 6.92 Å². The van der Waals surface area contributed by atoms with Crippen LogP contribution in [0.15, 0.2) is 4.99 Å². The maximum Gasteiger partial charge on any atom is 0.193 e. The third-order valence-corrected chi connectivity index (χ3v) is 4.76. The molecule has 1 saturated heterocycles. The van der Waals surface area contributed by atoms with E-state index in [1.54, 1.807) is 7.11 Å². The largest absolute Gasteiger partial charge is 0.383 e. The number of aryl methyl sites for hydroxylation is 1. The first kappa shape index (κ1) is 21.2. The Kier molecular flexibility index (Phi) is 9.04. The summed E-state index contributed by atoms with van der Waals surface area (Å²) < 4.78 is 7.18. The van der Waals surface area contributed by atoms with Crippen LogP contribution in [0.3, 0.4) is 0 Å². The van der Waals surface area contributed by atoms with Crippen molar-refractivity contribution in [2.75, 3.05) is 33.9 Å². The van der Waals surface area contributed by atoms with Crippen molar-refractivity contribution in [3.05, 3.63) is 17.0 Å². The lowest BCUT2D eigenvalue weighted by atomic mass is 9.99. The van der Waals surface area contributed by atoms with Crippen molar-refractivity contribution in [1.82, 2.24) is 20.0 Å². The fourth-order valence-electron chi connectivity index (χ4n) is 3.11. The molecule has 6 nitrogen and oxygen atoms in total. The Balaban J connectivity index is 0.00000288. The summed E-state index contributed by atoms with van der Waals surface area (Å²) in [6.07, 6.45) is 2.49. The standard InChI is InChI=1S/C17H31N5O.HI/c1-13-6-8-21(9-7-13)17(18-4)19-12-16-14(2)20-22(15(16)3)10-11-23-5;/h13H,6-12H2,1-5H3,(H,18,19);1H. The Labute approximate surface area is 163 Å². The Hall–Kier alpha value is -0.830. The molecule has 0 atom stereocenters. The summed E-state index contributed by atoms with van der Waals surface area (Å²) in [7, 11) is 3.58. The van der Waals surface area contributed by atoms with Gasteiger partial charge in [0.1, 0.15) is 0 Å². The van der Waals surface area contributed by atoms with Crippen LogP contribution < -0.4 is 5.32 Å². The second-order valence-corrected chi connectivity index (χ2v) is 6.44. The lowest BCUT2D eigenvalue weighted by Gasteiger charge is -2.32. The fraction of sp³-hybridized carbons (Fsp3) is 0.765. The minimum Gasteiger partial charge on any atom is -0.383 e. The van der Waals surface area contributed by atoms with Crippen LogP contribution in [0.2, 0.25) is 0 Å². The van der Waals surface area contributed by atoms with Crippen molar-refractivity contribution in [3.8, 4) is 0 Å². The van der Waals surface area contributed by atoms with Gasteiger partial charge in [0.15, 0.2) is 5.96 Å². The van der Waals surface area contributed by atoms with Crippen LogP contribution >= 0.6 is 24.0 Å². The van der Waals surface area contributed by atoms with Crippen molar-refractivity contribution < 1.29 is 4.74 Å². The van der Waals surface area contributed by atoms with Crippen molar-refractivity contribution in [1.29, 1.82) is 0 Å². The van der Waals surface area contributed by atoms with Gasteiger partial charge in [-0.15, -0.1) is 24.0 Å². The van der Waals surface area contributed by atoms with Gasteiger partial charge >= 0.3 is 0 Å². The second kappa shape index (κ2) is 10.2. The smallest absolute Gasteiger partial charge is 0.193 e. The second-order valence-electron chi connectivity index (χ2n) is 6.44. The van der Waals surface area contributed by atoms with Gasteiger partial charge in [0.2, 0.25) is 0 Å². The molecule has 2 heterocycles. The SMILES string of the molecule is CN=C(NCc1c(C)nn(CCOC)c1C)N1CCC(C)CC1.I.